The summed E-state index contributed by atoms with van der Waals surface area (Å²) in [7, 11) is 1.56. The van der Waals surface area contributed by atoms with E-state index >= 15 is 0 Å². The highest BCUT2D eigenvalue weighted by Gasteiger charge is 2.35. The summed E-state index contributed by atoms with van der Waals surface area (Å²) in [6.07, 6.45) is 1.92. The molecule has 1 aliphatic rings. The third-order valence-electron chi connectivity index (χ3n) is 3.62. The van der Waals surface area contributed by atoms with Gasteiger partial charge in [0.25, 0.3) is 17.7 Å². The molecule has 24 heavy (non-hydrogen) atoms. The van der Waals surface area contributed by atoms with Crippen molar-refractivity contribution in [3.63, 3.8) is 0 Å². The average Bonchev–Trinajstić information content (AvgIpc) is 3.17. The van der Waals surface area contributed by atoms with Crippen LogP contribution in [0.5, 0.6) is 0 Å². The van der Waals surface area contributed by atoms with E-state index in [9.17, 15) is 14.4 Å². The van der Waals surface area contributed by atoms with Crippen LogP contribution in [0.2, 0.25) is 0 Å². The van der Waals surface area contributed by atoms with Gasteiger partial charge in [-0.05, 0) is 24.6 Å². The number of hydrogen-bond acceptors (Lipinski definition) is 6. The molecule has 0 bridgehead atoms. The second-order valence-corrected chi connectivity index (χ2v) is 5.18. The number of hydrogen-bond donors (Lipinski definition) is 2. The summed E-state index contributed by atoms with van der Waals surface area (Å²) < 4.78 is 4.93. The molecular formula is C15H15N5O4. The Morgan fingerprint density at radius 3 is 2.79 bits per heavy atom. The Hall–Kier alpha value is -3.07. The standard InChI is InChI=1S/C15H15N5O4/c1-24-6-2-5-20-14(22)10-4-3-9(7-11(10)15(20)23)13(21)17-12-8-16-19-18-12/h3-4,7-8H,2,5-6H2,1H3,(H2,16,17,18,19,21). The molecule has 1 aromatic heterocycles. The van der Waals surface area contributed by atoms with Gasteiger partial charge in [0, 0.05) is 25.8 Å². The second-order valence-electron chi connectivity index (χ2n) is 5.18. The SMILES string of the molecule is COCCCN1C(=O)c2ccc(C(=O)Nc3cn[nH]n3)cc2C1=O. The summed E-state index contributed by atoms with van der Waals surface area (Å²) in [5.41, 5.74) is 0.789. The predicted octanol–water partition coefficient (Wildman–Crippen LogP) is 0.689. The van der Waals surface area contributed by atoms with Crippen molar-refractivity contribution in [2.45, 2.75) is 6.42 Å². The molecule has 2 aromatic rings. The molecule has 0 atom stereocenters. The molecule has 0 aliphatic carbocycles. The first kappa shape index (κ1) is 15.8. The Morgan fingerprint density at radius 1 is 1.29 bits per heavy atom. The third-order valence-corrected chi connectivity index (χ3v) is 3.62. The van der Waals surface area contributed by atoms with E-state index in [-0.39, 0.29) is 29.4 Å². The van der Waals surface area contributed by atoms with Crippen LogP contribution in [-0.4, -0.2) is 58.3 Å². The molecule has 1 aromatic carbocycles. The summed E-state index contributed by atoms with van der Waals surface area (Å²) in [6, 6.07) is 4.41. The van der Waals surface area contributed by atoms with Gasteiger partial charge in [0.2, 0.25) is 0 Å². The summed E-state index contributed by atoms with van der Waals surface area (Å²) in [6.45, 7) is 0.736. The van der Waals surface area contributed by atoms with E-state index in [0.29, 0.717) is 18.6 Å². The van der Waals surface area contributed by atoms with Crippen LogP contribution < -0.4 is 5.32 Å². The van der Waals surface area contributed by atoms with Gasteiger partial charge in [-0.25, -0.2) is 0 Å². The van der Waals surface area contributed by atoms with Gasteiger partial charge in [-0.1, -0.05) is 0 Å². The molecule has 0 unspecified atom stereocenters. The Balaban J connectivity index is 1.79. The van der Waals surface area contributed by atoms with E-state index in [1.807, 2.05) is 0 Å². The van der Waals surface area contributed by atoms with Crippen molar-refractivity contribution in [3.8, 4) is 0 Å². The number of nitrogens with one attached hydrogen (secondary N) is 2. The topological polar surface area (TPSA) is 117 Å². The minimum absolute atomic E-state index is 0.227. The lowest BCUT2D eigenvalue weighted by atomic mass is 10.1. The van der Waals surface area contributed by atoms with Gasteiger partial charge in [-0.15, -0.1) is 5.10 Å². The molecule has 2 N–H and O–H groups in total. The summed E-state index contributed by atoms with van der Waals surface area (Å²) in [5, 5.41) is 12.2. The van der Waals surface area contributed by atoms with E-state index in [2.05, 4.69) is 20.7 Å². The number of methoxy groups -OCH3 is 1. The maximum atomic E-state index is 12.4. The van der Waals surface area contributed by atoms with Crippen LogP contribution in [0, 0.1) is 0 Å². The van der Waals surface area contributed by atoms with Crippen LogP contribution in [0.15, 0.2) is 24.4 Å². The van der Waals surface area contributed by atoms with Crippen LogP contribution in [0.4, 0.5) is 5.82 Å². The maximum absolute atomic E-state index is 12.4. The molecule has 0 radical (unpaired) electrons. The Bertz CT molecular complexity index is 787. The number of rotatable bonds is 6. The van der Waals surface area contributed by atoms with Gasteiger partial charge < -0.3 is 10.1 Å². The number of H-pyrrole nitrogens is 1. The van der Waals surface area contributed by atoms with Crippen molar-refractivity contribution < 1.29 is 19.1 Å². The van der Waals surface area contributed by atoms with Crippen molar-refractivity contribution >= 4 is 23.5 Å². The molecular weight excluding hydrogens is 314 g/mol. The van der Waals surface area contributed by atoms with Crippen LogP contribution >= 0.6 is 0 Å². The molecule has 0 saturated heterocycles. The number of aromatic amines is 1. The van der Waals surface area contributed by atoms with Gasteiger partial charge in [-0.3, -0.25) is 19.3 Å². The molecule has 0 spiro atoms. The first-order valence-electron chi connectivity index (χ1n) is 7.28. The zero-order chi connectivity index (χ0) is 17.1. The van der Waals surface area contributed by atoms with Gasteiger partial charge in [-0.2, -0.15) is 10.3 Å². The lowest BCUT2D eigenvalue weighted by Crippen LogP contribution is -2.31. The van der Waals surface area contributed by atoms with Crippen LogP contribution in [0.1, 0.15) is 37.5 Å². The van der Waals surface area contributed by atoms with E-state index in [4.69, 9.17) is 4.74 Å². The van der Waals surface area contributed by atoms with Gasteiger partial charge in [0.1, 0.15) is 0 Å². The number of anilines is 1. The molecule has 3 rings (SSSR count). The number of ether oxygens (including phenoxy) is 1. The van der Waals surface area contributed by atoms with E-state index in [1.54, 1.807) is 7.11 Å². The highest BCUT2D eigenvalue weighted by molar-refractivity contribution is 6.22. The predicted molar refractivity (Wildman–Crippen MR) is 82.6 cm³/mol. The third kappa shape index (κ3) is 2.88. The summed E-state index contributed by atoms with van der Waals surface area (Å²) in [4.78, 5) is 38.0. The Kier molecular flexibility index (Phi) is 4.34. The number of amides is 3. The fourth-order valence-electron chi connectivity index (χ4n) is 2.45. The van der Waals surface area contributed by atoms with Crippen molar-refractivity contribution in [2.75, 3.05) is 25.6 Å². The molecule has 124 valence electrons. The summed E-state index contributed by atoms with van der Waals surface area (Å²) >= 11 is 0. The second kappa shape index (κ2) is 6.59. The van der Waals surface area contributed by atoms with Gasteiger partial charge in [0.15, 0.2) is 5.82 Å². The van der Waals surface area contributed by atoms with Crippen molar-refractivity contribution in [1.29, 1.82) is 0 Å². The fourth-order valence-corrected chi connectivity index (χ4v) is 2.45. The quantitative estimate of drug-likeness (QED) is 0.595. The Morgan fingerprint density at radius 2 is 2.08 bits per heavy atom. The lowest BCUT2D eigenvalue weighted by molar-refractivity contribution is 0.0638. The lowest BCUT2D eigenvalue weighted by Gasteiger charge is -2.12. The fraction of sp³-hybridized carbons (Fsp3) is 0.267. The largest absolute Gasteiger partial charge is 0.385 e. The van der Waals surface area contributed by atoms with Crippen LogP contribution in [0.25, 0.3) is 0 Å². The number of carbonyl (C=O) groups excluding carboxylic acids is 3. The zero-order valence-corrected chi connectivity index (χ0v) is 12.9. The average molecular weight is 329 g/mol. The maximum Gasteiger partial charge on any atom is 0.261 e. The van der Waals surface area contributed by atoms with Gasteiger partial charge in [0.05, 0.1) is 17.3 Å². The number of aromatic nitrogens is 3. The normalized spacial score (nSPS) is 13.3. The molecule has 3 amide bonds. The molecule has 0 fully saturated rings. The molecule has 9 nitrogen and oxygen atoms in total. The minimum atomic E-state index is -0.440. The van der Waals surface area contributed by atoms with E-state index < -0.39 is 11.8 Å². The molecule has 2 heterocycles. The van der Waals surface area contributed by atoms with Crippen molar-refractivity contribution in [3.05, 3.63) is 41.1 Å². The molecule has 0 saturated carbocycles. The van der Waals surface area contributed by atoms with Crippen molar-refractivity contribution in [2.24, 2.45) is 0 Å². The zero-order valence-electron chi connectivity index (χ0n) is 12.9. The highest BCUT2D eigenvalue weighted by atomic mass is 16.5. The first-order chi connectivity index (χ1) is 11.6. The van der Waals surface area contributed by atoms with Crippen molar-refractivity contribution in [1.82, 2.24) is 20.3 Å². The minimum Gasteiger partial charge on any atom is -0.385 e. The number of imide groups is 1. The van der Waals surface area contributed by atoms with Crippen LogP contribution in [-0.2, 0) is 4.74 Å². The molecule has 9 heteroatoms. The smallest absolute Gasteiger partial charge is 0.261 e. The van der Waals surface area contributed by atoms with Gasteiger partial charge >= 0.3 is 0 Å². The van der Waals surface area contributed by atoms with Crippen LogP contribution in [0.3, 0.4) is 0 Å². The molecule has 1 aliphatic heterocycles. The summed E-state index contributed by atoms with van der Waals surface area (Å²) in [5.74, 6) is -0.925. The van der Waals surface area contributed by atoms with E-state index in [0.717, 1.165) is 0 Å². The monoisotopic (exact) mass is 329 g/mol. The number of nitrogens with zero attached hydrogens (tertiary/aromatic N) is 3. The van der Waals surface area contributed by atoms with E-state index in [1.165, 1.54) is 29.3 Å². The Labute approximate surface area is 137 Å². The highest BCUT2D eigenvalue weighted by Crippen LogP contribution is 2.24. The number of benzene rings is 1. The number of carbonyl (C=O) groups is 3. The number of fused-ring (bicyclic) bond motifs is 1. The first-order valence-corrected chi connectivity index (χ1v) is 7.28.